The van der Waals surface area contributed by atoms with Crippen LogP contribution in [0, 0.1) is 5.92 Å². The zero-order valence-corrected chi connectivity index (χ0v) is 14.8. The molecule has 1 saturated carbocycles. The molecular weight excluding hydrogens is 328 g/mol. The first kappa shape index (κ1) is 16.9. The largest absolute Gasteiger partial charge is 0.493 e. The van der Waals surface area contributed by atoms with Crippen molar-refractivity contribution in [1.29, 1.82) is 0 Å². The van der Waals surface area contributed by atoms with Crippen molar-refractivity contribution < 1.29 is 14.6 Å². The second kappa shape index (κ2) is 7.36. The van der Waals surface area contributed by atoms with Crippen molar-refractivity contribution in [1.82, 2.24) is 4.98 Å². The number of rotatable bonds is 7. The number of hydrogen-bond donors (Lipinski definition) is 2. The molecule has 2 aliphatic rings. The van der Waals surface area contributed by atoms with E-state index in [2.05, 4.69) is 28.5 Å². The van der Waals surface area contributed by atoms with Gasteiger partial charge in [-0.2, -0.15) is 0 Å². The highest BCUT2D eigenvalue weighted by atomic mass is 16.5. The van der Waals surface area contributed by atoms with Gasteiger partial charge in [0.1, 0.15) is 5.75 Å². The smallest absolute Gasteiger partial charge is 0.337 e. The molecule has 2 N–H and O–H groups in total. The highest BCUT2D eigenvalue weighted by molar-refractivity contribution is 5.93. The molecule has 5 heteroatoms. The zero-order chi connectivity index (χ0) is 17.9. The third kappa shape index (κ3) is 3.82. The minimum Gasteiger partial charge on any atom is -0.493 e. The lowest BCUT2D eigenvalue weighted by Crippen LogP contribution is -2.21. The SMILES string of the molecule is O=C(O)c1ccncc1NC[C@@H]1CCOc2cc(CCC3CC3)ccc21. The maximum absolute atomic E-state index is 11.3. The van der Waals surface area contributed by atoms with Crippen molar-refractivity contribution in [3.05, 3.63) is 53.3 Å². The highest BCUT2D eigenvalue weighted by Crippen LogP contribution is 2.37. The van der Waals surface area contributed by atoms with E-state index in [1.807, 2.05) is 0 Å². The summed E-state index contributed by atoms with van der Waals surface area (Å²) < 4.78 is 5.90. The number of benzene rings is 1. The van der Waals surface area contributed by atoms with Crippen LogP contribution in [-0.2, 0) is 6.42 Å². The average molecular weight is 352 g/mol. The molecule has 0 bridgehead atoms. The van der Waals surface area contributed by atoms with E-state index in [1.54, 1.807) is 6.20 Å². The molecule has 1 atom stereocenters. The van der Waals surface area contributed by atoms with Crippen LogP contribution in [0.4, 0.5) is 5.69 Å². The van der Waals surface area contributed by atoms with Gasteiger partial charge in [0, 0.05) is 18.7 Å². The van der Waals surface area contributed by atoms with Crippen LogP contribution in [0.15, 0.2) is 36.7 Å². The Labute approximate surface area is 153 Å². The molecule has 4 rings (SSSR count). The molecule has 1 aromatic heterocycles. The van der Waals surface area contributed by atoms with E-state index in [1.165, 1.54) is 42.7 Å². The summed E-state index contributed by atoms with van der Waals surface area (Å²) in [5, 5.41) is 12.6. The van der Waals surface area contributed by atoms with E-state index in [0.717, 1.165) is 24.5 Å². The molecule has 2 aromatic rings. The summed E-state index contributed by atoms with van der Waals surface area (Å²) in [4.78, 5) is 15.4. The van der Waals surface area contributed by atoms with Crippen LogP contribution in [0.25, 0.3) is 0 Å². The number of carboxylic acids is 1. The van der Waals surface area contributed by atoms with E-state index in [0.29, 0.717) is 24.8 Å². The molecular formula is C21H24N2O3. The van der Waals surface area contributed by atoms with Gasteiger partial charge in [0.05, 0.1) is 24.1 Å². The van der Waals surface area contributed by atoms with Crippen LogP contribution < -0.4 is 10.1 Å². The average Bonchev–Trinajstić information content (AvgIpc) is 3.49. The van der Waals surface area contributed by atoms with E-state index in [9.17, 15) is 9.90 Å². The number of nitrogens with zero attached hydrogens (tertiary/aromatic N) is 1. The Morgan fingerprint density at radius 1 is 1.27 bits per heavy atom. The van der Waals surface area contributed by atoms with Crippen LogP contribution in [0.1, 0.15) is 53.1 Å². The lowest BCUT2D eigenvalue weighted by Gasteiger charge is -2.27. The number of anilines is 1. The van der Waals surface area contributed by atoms with Gasteiger partial charge in [-0.05, 0) is 48.4 Å². The minimum absolute atomic E-state index is 0.253. The molecule has 1 aromatic carbocycles. The van der Waals surface area contributed by atoms with E-state index in [-0.39, 0.29) is 5.56 Å². The monoisotopic (exact) mass is 352 g/mol. The van der Waals surface area contributed by atoms with Crippen LogP contribution in [-0.4, -0.2) is 29.2 Å². The minimum atomic E-state index is -0.942. The molecule has 1 fully saturated rings. The number of carboxylic acid groups (broad SMARTS) is 1. The molecule has 136 valence electrons. The van der Waals surface area contributed by atoms with Crippen molar-refractivity contribution in [2.45, 2.75) is 38.0 Å². The fourth-order valence-corrected chi connectivity index (χ4v) is 3.61. The predicted octanol–water partition coefficient (Wildman–Crippen LogP) is 4.10. The second-order valence-electron chi connectivity index (χ2n) is 7.30. The molecule has 0 spiro atoms. The normalized spacial score (nSPS) is 18.7. The van der Waals surface area contributed by atoms with Gasteiger partial charge in [-0.3, -0.25) is 4.98 Å². The predicted molar refractivity (Wildman–Crippen MR) is 100 cm³/mol. The molecule has 0 unspecified atom stereocenters. The number of fused-ring (bicyclic) bond motifs is 1. The maximum Gasteiger partial charge on any atom is 0.337 e. The Morgan fingerprint density at radius 2 is 2.15 bits per heavy atom. The molecule has 1 aliphatic heterocycles. The lowest BCUT2D eigenvalue weighted by molar-refractivity contribution is 0.0697. The summed E-state index contributed by atoms with van der Waals surface area (Å²) in [6.45, 7) is 1.37. The Morgan fingerprint density at radius 3 is 2.96 bits per heavy atom. The Kier molecular flexibility index (Phi) is 4.78. The third-order valence-corrected chi connectivity index (χ3v) is 5.37. The Bertz CT molecular complexity index is 802. The van der Waals surface area contributed by atoms with Crippen molar-refractivity contribution in [3.63, 3.8) is 0 Å². The van der Waals surface area contributed by atoms with Crippen LogP contribution in [0.2, 0.25) is 0 Å². The van der Waals surface area contributed by atoms with Gasteiger partial charge in [-0.15, -0.1) is 0 Å². The molecule has 0 amide bonds. The van der Waals surface area contributed by atoms with Crippen molar-refractivity contribution in [3.8, 4) is 5.75 Å². The number of aromatic carboxylic acids is 1. The number of nitrogens with one attached hydrogen (secondary N) is 1. The van der Waals surface area contributed by atoms with Gasteiger partial charge in [0.15, 0.2) is 0 Å². The molecule has 0 radical (unpaired) electrons. The Hall–Kier alpha value is -2.56. The number of aryl methyl sites for hydroxylation is 1. The summed E-state index contributed by atoms with van der Waals surface area (Å²) in [7, 11) is 0. The topological polar surface area (TPSA) is 71.5 Å². The number of ether oxygens (including phenoxy) is 1. The van der Waals surface area contributed by atoms with Gasteiger partial charge < -0.3 is 15.2 Å². The van der Waals surface area contributed by atoms with Gasteiger partial charge in [0.25, 0.3) is 0 Å². The van der Waals surface area contributed by atoms with Crippen molar-refractivity contribution in [2.24, 2.45) is 5.92 Å². The van der Waals surface area contributed by atoms with Crippen LogP contribution >= 0.6 is 0 Å². The van der Waals surface area contributed by atoms with Crippen LogP contribution in [0.5, 0.6) is 5.75 Å². The number of hydrogen-bond acceptors (Lipinski definition) is 4. The van der Waals surface area contributed by atoms with E-state index >= 15 is 0 Å². The third-order valence-electron chi connectivity index (χ3n) is 5.37. The second-order valence-corrected chi connectivity index (χ2v) is 7.30. The van der Waals surface area contributed by atoms with E-state index < -0.39 is 5.97 Å². The fraction of sp³-hybridized carbons (Fsp3) is 0.429. The number of carbonyl (C=O) groups is 1. The van der Waals surface area contributed by atoms with Gasteiger partial charge >= 0.3 is 5.97 Å². The van der Waals surface area contributed by atoms with E-state index in [4.69, 9.17) is 4.74 Å². The van der Waals surface area contributed by atoms with Gasteiger partial charge in [0.2, 0.25) is 0 Å². The molecule has 0 saturated heterocycles. The summed E-state index contributed by atoms with van der Waals surface area (Å²) >= 11 is 0. The molecule has 5 nitrogen and oxygen atoms in total. The summed E-state index contributed by atoms with van der Waals surface area (Å²) in [6, 6.07) is 8.12. The fourth-order valence-electron chi connectivity index (χ4n) is 3.61. The van der Waals surface area contributed by atoms with Gasteiger partial charge in [-0.25, -0.2) is 4.79 Å². The quantitative estimate of drug-likeness (QED) is 0.785. The first-order valence-electron chi connectivity index (χ1n) is 9.37. The van der Waals surface area contributed by atoms with Gasteiger partial charge in [-0.1, -0.05) is 25.0 Å². The summed E-state index contributed by atoms with van der Waals surface area (Å²) in [6.07, 6.45) is 9.19. The first-order chi connectivity index (χ1) is 12.7. The number of aromatic nitrogens is 1. The Balaban J connectivity index is 1.45. The standard InChI is InChI=1S/C21H24N2O3/c24-21(25)18-7-9-22-13-19(18)23-12-16-8-10-26-20-11-15(5-6-17(16)20)4-3-14-1-2-14/h5-7,9,11,13-14,16,23H,1-4,8,10,12H2,(H,24,25)/t16-/m0/s1. The molecule has 1 aliphatic carbocycles. The van der Waals surface area contributed by atoms with Crippen molar-refractivity contribution >= 4 is 11.7 Å². The first-order valence-corrected chi connectivity index (χ1v) is 9.37. The van der Waals surface area contributed by atoms with Crippen LogP contribution in [0.3, 0.4) is 0 Å². The molecule has 2 heterocycles. The summed E-state index contributed by atoms with van der Waals surface area (Å²) in [5.41, 5.74) is 3.38. The number of pyridine rings is 1. The van der Waals surface area contributed by atoms with Crippen molar-refractivity contribution in [2.75, 3.05) is 18.5 Å². The summed E-state index contributed by atoms with van der Waals surface area (Å²) in [5.74, 6) is 1.29. The lowest BCUT2D eigenvalue weighted by atomic mass is 9.91. The highest BCUT2D eigenvalue weighted by Gasteiger charge is 2.24. The zero-order valence-electron chi connectivity index (χ0n) is 14.8. The maximum atomic E-state index is 11.3. The molecule has 26 heavy (non-hydrogen) atoms.